The molecule has 1 saturated carbocycles. The van der Waals surface area contributed by atoms with Crippen LogP contribution in [0.1, 0.15) is 37.7 Å². The van der Waals surface area contributed by atoms with Crippen molar-refractivity contribution < 1.29 is 0 Å². The van der Waals surface area contributed by atoms with E-state index in [4.69, 9.17) is 23.2 Å². The Kier molecular flexibility index (Phi) is 5.20. The number of halogens is 3. The highest BCUT2D eigenvalue weighted by molar-refractivity contribution is 9.10. The third-order valence-corrected chi connectivity index (χ3v) is 5.04. The SMILES string of the molecule is Clc1cc(Br)ccc1CCC(Cl)C1CCCC1. The van der Waals surface area contributed by atoms with Crippen LogP contribution in [0.4, 0.5) is 0 Å². The van der Waals surface area contributed by atoms with E-state index in [0.29, 0.717) is 5.38 Å². The number of rotatable bonds is 4. The number of aryl methyl sites for hydroxylation is 1. The van der Waals surface area contributed by atoms with Crippen molar-refractivity contribution in [1.82, 2.24) is 0 Å². The molecule has 0 aliphatic heterocycles. The molecule has 1 fully saturated rings. The van der Waals surface area contributed by atoms with Crippen molar-refractivity contribution in [1.29, 1.82) is 0 Å². The lowest BCUT2D eigenvalue weighted by Crippen LogP contribution is -2.12. The molecule has 1 aliphatic carbocycles. The number of hydrogen-bond acceptors (Lipinski definition) is 0. The van der Waals surface area contributed by atoms with Crippen LogP contribution in [-0.4, -0.2) is 5.38 Å². The van der Waals surface area contributed by atoms with E-state index in [2.05, 4.69) is 22.0 Å². The Morgan fingerprint density at radius 1 is 1.29 bits per heavy atom. The second-order valence-electron chi connectivity index (χ2n) is 4.83. The second-order valence-corrected chi connectivity index (χ2v) is 6.72. The highest BCUT2D eigenvalue weighted by Crippen LogP contribution is 2.33. The zero-order chi connectivity index (χ0) is 12.3. The maximum Gasteiger partial charge on any atom is 0.0449 e. The fourth-order valence-corrected chi connectivity index (χ4v) is 3.70. The maximum atomic E-state index is 6.47. The fraction of sp³-hybridized carbons (Fsp3) is 0.571. The van der Waals surface area contributed by atoms with Gasteiger partial charge in [0.2, 0.25) is 0 Å². The van der Waals surface area contributed by atoms with Crippen LogP contribution in [0, 0.1) is 5.92 Å². The molecule has 0 bridgehead atoms. The van der Waals surface area contributed by atoms with Crippen molar-refractivity contribution in [3.05, 3.63) is 33.3 Å². The Morgan fingerprint density at radius 2 is 2.00 bits per heavy atom. The molecule has 3 heteroatoms. The van der Waals surface area contributed by atoms with Crippen molar-refractivity contribution in [2.45, 2.75) is 43.9 Å². The summed E-state index contributed by atoms with van der Waals surface area (Å²) in [5, 5.41) is 1.16. The standard InChI is InChI=1S/C14H17BrCl2/c15-12-7-5-11(14(17)9-12)6-8-13(16)10-3-1-2-4-10/h5,7,9-10,13H,1-4,6,8H2. The normalized spacial score (nSPS) is 18.5. The summed E-state index contributed by atoms with van der Waals surface area (Å²) in [4.78, 5) is 0. The summed E-state index contributed by atoms with van der Waals surface area (Å²) >= 11 is 16.1. The van der Waals surface area contributed by atoms with Gasteiger partial charge in [-0.2, -0.15) is 0 Å². The molecular formula is C14H17BrCl2. The molecule has 0 aromatic heterocycles. The molecule has 0 nitrogen and oxygen atoms in total. The van der Waals surface area contributed by atoms with E-state index in [9.17, 15) is 0 Å². The van der Waals surface area contributed by atoms with E-state index < -0.39 is 0 Å². The zero-order valence-corrected chi connectivity index (χ0v) is 12.9. The zero-order valence-electron chi connectivity index (χ0n) is 9.76. The van der Waals surface area contributed by atoms with Gasteiger partial charge in [0.05, 0.1) is 0 Å². The summed E-state index contributed by atoms with van der Waals surface area (Å²) in [5.74, 6) is 0.728. The van der Waals surface area contributed by atoms with Crippen LogP contribution < -0.4 is 0 Å². The van der Waals surface area contributed by atoms with Crippen LogP contribution in [0.15, 0.2) is 22.7 Å². The Morgan fingerprint density at radius 3 is 2.65 bits per heavy atom. The molecule has 17 heavy (non-hydrogen) atoms. The van der Waals surface area contributed by atoms with Crippen LogP contribution in [0.25, 0.3) is 0 Å². The molecule has 1 aromatic rings. The molecule has 1 aliphatic rings. The Hall–Kier alpha value is 0.280. The second kappa shape index (κ2) is 6.45. The Labute approximate surface area is 122 Å². The average Bonchev–Trinajstić information content (AvgIpc) is 2.81. The average molecular weight is 336 g/mol. The maximum absolute atomic E-state index is 6.47. The molecule has 0 radical (unpaired) electrons. The summed E-state index contributed by atoms with van der Waals surface area (Å²) in [5.41, 5.74) is 1.21. The minimum absolute atomic E-state index is 0.317. The van der Waals surface area contributed by atoms with Gasteiger partial charge >= 0.3 is 0 Å². The van der Waals surface area contributed by atoms with Crippen LogP contribution in [0.5, 0.6) is 0 Å². The van der Waals surface area contributed by atoms with Gasteiger partial charge < -0.3 is 0 Å². The minimum Gasteiger partial charge on any atom is -0.123 e. The molecule has 0 saturated heterocycles. The van der Waals surface area contributed by atoms with Gasteiger partial charge in [-0.1, -0.05) is 46.4 Å². The molecule has 94 valence electrons. The van der Waals surface area contributed by atoms with Crippen LogP contribution >= 0.6 is 39.1 Å². The van der Waals surface area contributed by atoms with Gasteiger partial charge in [-0.15, -0.1) is 11.6 Å². The van der Waals surface area contributed by atoms with E-state index >= 15 is 0 Å². The first-order valence-electron chi connectivity index (χ1n) is 6.25. The largest absolute Gasteiger partial charge is 0.123 e. The van der Waals surface area contributed by atoms with Crippen LogP contribution in [-0.2, 0) is 6.42 Å². The third-order valence-electron chi connectivity index (χ3n) is 3.62. The van der Waals surface area contributed by atoms with E-state index in [1.807, 2.05) is 12.1 Å². The predicted octanol–water partition coefficient (Wildman–Crippen LogP) is 5.83. The molecule has 1 atom stereocenters. The van der Waals surface area contributed by atoms with Crippen molar-refractivity contribution in [2.75, 3.05) is 0 Å². The number of hydrogen-bond donors (Lipinski definition) is 0. The lowest BCUT2D eigenvalue weighted by molar-refractivity contribution is 0.492. The van der Waals surface area contributed by atoms with Gasteiger partial charge in [-0.25, -0.2) is 0 Å². The van der Waals surface area contributed by atoms with E-state index in [1.54, 1.807) is 0 Å². The van der Waals surface area contributed by atoms with Crippen LogP contribution in [0.3, 0.4) is 0 Å². The smallest absolute Gasteiger partial charge is 0.0449 e. The van der Waals surface area contributed by atoms with E-state index in [-0.39, 0.29) is 0 Å². The summed E-state index contributed by atoms with van der Waals surface area (Å²) in [7, 11) is 0. The van der Waals surface area contributed by atoms with Gasteiger partial charge in [-0.3, -0.25) is 0 Å². The summed E-state index contributed by atoms with van der Waals surface area (Å²) < 4.78 is 1.03. The van der Waals surface area contributed by atoms with Gasteiger partial charge in [0, 0.05) is 14.9 Å². The van der Waals surface area contributed by atoms with Gasteiger partial charge in [0.1, 0.15) is 0 Å². The van der Waals surface area contributed by atoms with Crippen molar-refractivity contribution >= 4 is 39.1 Å². The monoisotopic (exact) mass is 334 g/mol. The third kappa shape index (κ3) is 3.87. The topological polar surface area (TPSA) is 0 Å². The first-order chi connectivity index (χ1) is 8.16. The quantitative estimate of drug-likeness (QED) is 0.607. The molecule has 2 rings (SSSR count). The van der Waals surface area contributed by atoms with Crippen molar-refractivity contribution in [3.8, 4) is 0 Å². The molecule has 0 amide bonds. The van der Waals surface area contributed by atoms with Gasteiger partial charge in [-0.05, 0) is 49.3 Å². The molecule has 0 N–H and O–H groups in total. The first-order valence-corrected chi connectivity index (χ1v) is 7.85. The predicted molar refractivity (Wildman–Crippen MR) is 79.1 cm³/mol. The van der Waals surface area contributed by atoms with E-state index in [1.165, 1.54) is 31.2 Å². The lowest BCUT2D eigenvalue weighted by Gasteiger charge is -2.16. The minimum atomic E-state index is 0.317. The Bertz CT molecular complexity index is 372. The molecule has 0 heterocycles. The van der Waals surface area contributed by atoms with Crippen molar-refractivity contribution in [3.63, 3.8) is 0 Å². The molecule has 1 unspecified atom stereocenters. The fourth-order valence-electron chi connectivity index (χ4n) is 2.57. The summed E-state index contributed by atoms with van der Waals surface area (Å²) in [6.45, 7) is 0. The summed E-state index contributed by atoms with van der Waals surface area (Å²) in [6.07, 6.45) is 7.34. The van der Waals surface area contributed by atoms with Crippen LogP contribution in [0.2, 0.25) is 5.02 Å². The van der Waals surface area contributed by atoms with Crippen molar-refractivity contribution in [2.24, 2.45) is 5.92 Å². The highest BCUT2D eigenvalue weighted by atomic mass is 79.9. The molecule has 0 spiro atoms. The Balaban J connectivity index is 1.88. The van der Waals surface area contributed by atoms with Gasteiger partial charge in [0.25, 0.3) is 0 Å². The summed E-state index contributed by atoms with van der Waals surface area (Å²) in [6, 6.07) is 6.08. The number of benzene rings is 1. The van der Waals surface area contributed by atoms with Gasteiger partial charge in [0.15, 0.2) is 0 Å². The van der Waals surface area contributed by atoms with E-state index in [0.717, 1.165) is 28.3 Å². The molecular weight excluding hydrogens is 319 g/mol. The lowest BCUT2D eigenvalue weighted by atomic mass is 9.98. The highest BCUT2D eigenvalue weighted by Gasteiger charge is 2.22. The number of alkyl halides is 1. The first kappa shape index (κ1) is 13.7. The molecule has 1 aromatic carbocycles.